The van der Waals surface area contributed by atoms with E-state index in [1.54, 1.807) is 0 Å². The largest absolute Gasteiger partial charge is 0.352 e. The van der Waals surface area contributed by atoms with Crippen LogP contribution in [0.3, 0.4) is 0 Å². The maximum Gasteiger partial charge on any atom is 0.128 e. The zero-order chi connectivity index (χ0) is 16.4. The molecule has 4 rings (SSSR count). The topological polar surface area (TPSA) is 42.1 Å². The Kier molecular flexibility index (Phi) is 4.01. The molecule has 1 aliphatic rings. The molecule has 0 spiro atoms. The van der Waals surface area contributed by atoms with Crippen LogP contribution in [0.25, 0.3) is 0 Å². The third-order valence-electron chi connectivity index (χ3n) is 4.74. The fourth-order valence-electron chi connectivity index (χ4n) is 3.31. The number of hydrogen-bond donors (Lipinski definition) is 1. The van der Waals surface area contributed by atoms with Crippen molar-refractivity contribution in [3.8, 4) is 0 Å². The summed E-state index contributed by atoms with van der Waals surface area (Å²) in [5, 5.41) is 0. The summed E-state index contributed by atoms with van der Waals surface area (Å²) in [6.07, 6.45) is 2.98. The minimum atomic E-state index is -0.130. The first kappa shape index (κ1) is 14.9. The van der Waals surface area contributed by atoms with Gasteiger partial charge in [0.1, 0.15) is 5.82 Å². The van der Waals surface area contributed by atoms with Gasteiger partial charge >= 0.3 is 0 Å². The van der Waals surface area contributed by atoms with Crippen LogP contribution in [0.15, 0.2) is 72.9 Å². The standard InChI is InChI=1S/C21H21N3/c22-21(17-7-2-1-3-8-17)18-10-11-20(23-14-18)24-13-12-16-6-4-5-9-19(16)15-24/h1-11,14,21H,12-13,15,22H2. The molecule has 1 unspecified atom stereocenters. The summed E-state index contributed by atoms with van der Waals surface area (Å²) < 4.78 is 0. The van der Waals surface area contributed by atoms with Crippen molar-refractivity contribution in [2.24, 2.45) is 5.73 Å². The Morgan fingerprint density at radius 3 is 2.33 bits per heavy atom. The summed E-state index contributed by atoms with van der Waals surface area (Å²) in [6.45, 7) is 1.93. The van der Waals surface area contributed by atoms with Crippen LogP contribution < -0.4 is 10.6 Å². The van der Waals surface area contributed by atoms with Crippen molar-refractivity contribution < 1.29 is 0 Å². The third-order valence-corrected chi connectivity index (χ3v) is 4.74. The molecular weight excluding hydrogens is 294 g/mol. The van der Waals surface area contributed by atoms with E-state index in [1.807, 2.05) is 24.4 Å². The molecule has 2 N–H and O–H groups in total. The van der Waals surface area contributed by atoms with Crippen LogP contribution >= 0.6 is 0 Å². The van der Waals surface area contributed by atoms with Crippen LogP contribution in [0.4, 0.5) is 5.82 Å². The Morgan fingerprint density at radius 1 is 0.833 bits per heavy atom. The second-order valence-corrected chi connectivity index (χ2v) is 6.28. The average molecular weight is 315 g/mol. The number of hydrogen-bond acceptors (Lipinski definition) is 3. The maximum atomic E-state index is 6.35. The highest BCUT2D eigenvalue weighted by Crippen LogP contribution is 2.25. The molecule has 2 heterocycles. The lowest BCUT2D eigenvalue weighted by molar-refractivity contribution is 0.719. The minimum absolute atomic E-state index is 0.130. The predicted molar refractivity (Wildman–Crippen MR) is 97.9 cm³/mol. The lowest BCUT2D eigenvalue weighted by Crippen LogP contribution is -2.31. The summed E-state index contributed by atoms with van der Waals surface area (Å²) in [4.78, 5) is 7.00. The van der Waals surface area contributed by atoms with Crippen LogP contribution in [0.2, 0.25) is 0 Å². The first-order chi connectivity index (χ1) is 11.8. The van der Waals surface area contributed by atoms with Gasteiger partial charge in [-0.3, -0.25) is 0 Å². The molecule has 1 aromatic heterocycles. The van der Waals surface area contributed by atoms with E-state index in [0.29, 0.717) is 0 Å². The van der Waals surface area contributed by atoms with Crippen LogP contribution in [0.5, 0.6) is 0 Å². The monoisotopic (exact) mass is 315 g/mol. The van der Waals surface area contributed by atoms with Crippen LogP contribution in [-0.4, -0.2) is 11.5 Å². The zero-order valence-electron chi connectivity index (χ0n) is 13.6. The highest BCUT2D eigenvalue weighted by atomic mass is 15.2. The second kappa shape index (κ2) is 6.46. The van der Waals surface area contributed by atoms with E-state index in [9.17, 15) is 0 Å². The highest BCUT2D eigenvalue weighted by Gasteiger charge is 2.17. The number of anilines is 1. The first-order valence-electron chi connectivity index (χ1n) is 8.39. The summed E-state index contributed by atoms with van der Waals surface area (Å²) in [7, 11) is 0. The van der Waals surface area contributed by atoms with E-state index in [0.717, 1.165) is 36.5 Å². The average Bonchev–Trinajstić information content (AvgIpc) is 2.68. The highest BCUT2D eigenvalue weighted by molar-refractivity contribution is 5.45. The Balaban J connectivity index is 1.52. The number of fused-ring (bicyclic) bond motifs is 1. The number of aromatic nitrogens is 1. The molecule has 2 aromatic carbocycles. The van der Waals surface area contributed by atoms with Gasteiger partial charge in [-0.25, -0.2) is 4.98 Å². The number of benzene rings is 2. The Bertz CT molecular complexity index is 812. The SMILES string of the molecule is NC(c1ccccc1)c1ccc(N2CCc3ccccc3C2)nc1. The van der Waals surface area contributed by atoms with Crippen molar-refractivity contribution >= 4 is 5.82 Å². The van der Waals surface area contributed by atoms with Gasteiger partial charge in [0.25, 0.3) is 0 Å². The van der Waals surface area contributed by atoms with Crippen molar-refractivity contribution in [1.29, 1.82) is 0 Å². The lowest BCUT2D eigenvalue weighted by Gasteiger charge is -2.30. The maximum absolute atomic E-state index is 6.35. The van der Waals surface area contributed by atoms with Gasteiger partial charge < -0.3 is 10.6 Å². The van der Waals surface area contributed by atoms with E-state index in [2.05, 4.69) is 58.4 Å². The Labute approximate surface area is 142 Å². The van der Waals surface area contributed by atoms with E-state index in [-0.39, 0.29) is 6.04 Å². The molecule has 3 nitrogen and oxygen atoms in total. The number of pyridine rings is 1. The molecule has 3 aromatic rings. The van der Waals surface area contributed by atoms with E-state index in [4.69, 9.17) is 5.73 Å². The molecule has 120 valence electrons. The molecular formula is C21H21N3. The van der Waals surface area contributed by atoms with Gasteiger partial charge in [0.05, 0.1) is 6.04 Å². The van der Waals surface area contributed by atoms with Crippen molar-refractivity contribution in [3.63, 3.8) is 0 Å². The fourth-order valence-corrected chi connectivity index (χ4v) is 3.31. The van der Waals surface area contributed by atoms with Gasteiger partial charge in [0, 0.05) is 19.3 Å². The van der Waals surface area contributed by atoms with Crippen LogP contribution in [0, 0.1) is 0 Å². The summed E-state index contributed by atoms with van der Waals surface area (Å²) in [5.41, 5.74) is 11.4. The molecule has 24 heavy (non-hydrogen) atoms. The van der Waals surface area contributed by atoms with Crippen molar-refractivity contribution in [1.82, 2.24) is 4.98 Å². The number of nitrogens with two attached hydrogens (primary N) is 1. The number of rotatable bonds is 3. The van der Waals surface area contributed by atoms with Crippen molar-refractivity contribution in [3.05, 3.63) is 95.2 Å². The number of nitrogens with zero attached hydrogens (tertiary/aromatic N) is 2. The van der Waals surface area contributed by atoms with Crippen LogP contribution in [-0.2, 0) is 13.0 Å². The van der Waals surface area contributed by atoms with E-state index < -0.39 is 0 Å². The molecule has 0 bridgehead atoms. The van der Waals surface area contributed by atoms with Gasteiger partial charge in [-0.15, -0.1) is 0 Å². The van der Waals surface area contributed by atoms with E-state index >= 15 is 0 Å². The lowest BCUT2D eigenvalue weighted by atomic mass is 9.99. The summed E-state index contributed by atoms with van der Waals surface area (Å²) >= 11 is 0. The normalized spacial score (nSPS) is 15.0. The predicted octanol–water partition coefficient (Wildman–Crippen LogP) is 3.69. The van der Waals surface area contributed by atoms with Gasteiger partial charge in [-0.05, 0) is 34.7 Å². The molecule has 0 saturated heterocycles. The van der Waals surface area contributed by atoms with Crippen LogP contribution in [0.1, 0.15) is 28.3 Å². The minimum Gasteiger partial charge on any atom is -0.352 e. The summed E-state index contributed by atoms with van der Waals surface area (Å²) in [5.74, 6) is 1.02. The van der Waals surface area contributed by atoms with Gasteiger partial charge in [-0.1, -0.05) is 60.7 Å². The van der Waals surface area contributed by atoms with Crippen molar-refractivity contribution in [2.45, 2.75) is 19.0 Å². The fraction of sp³-hybridized carbons (Fsp3) is 0.190. The third kappa shape index (κ3) is 2.91. The molecule has 1 aliphatic heterocycles. The molecule has 3 heteroatoms. The molecule has 0 aliphatic carbocycles. The van der Waals surface area contributed by atoms with Gasteiger partial charge in [0.2, 0.25) is 0 Å². The molecule has 0 saturated carbocycles. The molecule has 0 fully saturated rings. The van der Waals surface area contributed by atoms with Gasteiger partial charge in [-0.2, -0.15) is 0 Å². The zero-order valence-corrected chi connectivity index (χ0v) is 13.6. The quantitative estimate of drug-likeness (QED) is 0.801. The van der Waals surface area contributed by atoms with Gasteiger partial charge in [0.15, 0.2) is 0 Å². The molecule has 0 radical (unpaired) electrons. The second-order valence-electron chi connectivity index (χ2n) is 6.28. The smallest absolute Gasteiger partial charge is 0.128 e. The van der Waals surface area contributed by atoms with Crippen molar-refractivity contribution in [2.75, 3.05) is 11.4 Å². The Morgan fingerprint density at radius 2 is 1.58 bits per heavy atom. The molecule has 1 atom stereocenters. The first-order valence-corrected chi connectivity index (χ1v) is 8.39. The van der Waals surface area contributed by atoms with E-state index in [1.165, 1.54) is 11.1 Å². The summed E-state index contributed by atoms with van der Waals surface area (Å²) in [6, 6.07) is 22.9. The Hall–Kier alpha value is -2.65. The molecule has 0 amide bonds.